The van der Waals surface area contributed by atoms with Crippen LogP contribution >= 0.6 is 0 Å². The molecule has 2 atom stereocenters. The number of benzene rings is 1. The van der Waals surface area contributed by atoms with Crippen molar-refractivity contribution < 1.29 is 0 Å². The molecule has 1 aliphatic carbocycles. The fraction of sp³-hybridized carbons (Fsp3) is 0.647. The normalized spacial score (nSPS) is 28.2. The fourth-order valence-electron chi connectivity index (χ4n) is 3.68. The summed E-state index contributed by atoms with van der Waals surface area (Å²) in [7, 11) is 0. The molecule has 1 fully saturated rings. The quantitative estimate of drug-likeness (QED) is 0.785. The Labute approximate surface area is 112 Å². The van der Waals surface area contributed by atoms with Crippen LogP contribution in [0.1, 0.15) is 49.8 Å². The molecule has 18 heavy (non-hydrogen) atoms. The second-order valence-electron chi connectivity index (χ2n) is 6.53. The lowest BCUT2D eigenvalue weighted by Gasteiger charge is -2.33. The van der Waals surface area contributed by atoms with Crippen LogP contribution in [0.4, 0.5) is 5.69 Å². The first-order chi connectivity index (χ1) is 8.45. The Balaban J connectivity index is 2.14. The van der Waals surface area contributed by atoms with Gasteiger partial charge in [-0.25, -0.2) is 0 Å². The van der Waals surface area contributed by atoms with E-state index in [9.17, 15) is 0 Å². The Morgan fingerprint density at radius 2 is 1.39 bits per heavy atom. The van der Waals surface area contributed by atoms with Crippen molar-refractivity contribution in [2.24, 2.45) is 11.8 Å². The first-order valence-corrected chi connectivity index (χ1v) is 7.30. The first kappa shape index (κ1) is 13.5. The number of rotatable bonds is 2. The van der Waals surface area contributed by atoms with Crippen molar-refractivity contribution in [3.63, 3.8) is 0 Å². The number of aryl methyl sites for hydroxylation is 3. The molecule has 1 aliphatic rings. The lowest BCUT2D eigenvalue weighted by Crippen LogP contribution is -2.30. The molecule has 0 bridgehead atoms. The summed E-state index contributed by atoms with van der Waals surface area (Å²) in [6.07, 6.45) is 4.03. The summed E-state index contributed by atoms with van der Waals surface area (Å²) >= 11 is 0. The predicted molar refractivity (Wildman–Crippen MR) is 80.2 cm³/mol. The van der Waals surface area contributed by atoms with Gasteiger partial charge in [-0.3, -0.25) is 0 Å². The van der Waals surface area contributed by atoms with Crippen LogP contribution in [0.3, 0.4) is 0 Å². The van der Waals surface area contributed by atoms with Crippen molar-refractivity contribution in [3.05, 3.63) is 28.8 Å². The van der Waals surface area contributed by atoms with Crippen LogP contribution in [0.15, 0.2) is 12.1 Å². The highest BCUT2D eigenvalue weighted by atomic mass is 14.9. The van der Waals surface area contributed by atoms with Gasteiger partial charge in [-0.1, -0.05) is 31.5 Å². The van der Waals surface area contributed by atoms with E-state index in [4.69, 9.17) is 0 Å². The average Bonchev–Trinajstić information content (AvgIpc) is 2.22. The summed E-state index contributed by atoms with van der Waals surface area (Å²) < 4.78 is 0. The highest BCUT2D eigenvalue weighted by Gasteiger charge is 2.24. The van der Waals surface area contributed by atoms with E-state index in [-0.39, 0.29) is 0 Å². The zero-order valence-electron chi connectivity index (χ0n) is 12.5. The van der Waals surface area contributed by atoms with E-state index >= 15 is 0 Å². The Kier molecular flexibility index (Phi) is 3.99. The summed E-state index contributed by atoms with van der Waals surface area (Å²) in [6, 6.07) is 5.22. The fourth-order valence-corrected chi connectivity index (χ4v) is 3.68. The maximum Gasteiger partial charge on any atom is 0.0401 e. The molecular formula is C17H27N. The molecule has 1 aromatic carbocycles. The molecule has 0 heterocycles. The number of hydrogen-bond acceptors (Lipinski definition) is 1. The maximum absolute atomic E-state index is 3.81. The Hall–Kier alpha value is -0.980. The Morgan fingerprint density at radius 1 is 0.889 bits per heavy atom. The minimum absolute atomic E-state index is 0.656. The van der Waals surface area contributed by atoms with Gasteiger partial charge in [0.2, 0.25) is 0 Å². The van der Waals surface area contributed by atoms with Gasteiger partial charge in [-0.05, 0) is 63.0 Å². The summed E-state index contributed by atoms with van der Waals surface area (Å²) in [5, 5.41) is 3.81. The van der Waals surface area contributed by atoms with E-state index in [1.54, 1.807) is 0 Å². The van der Waals surface area contributed by atoms with Gasteiger partial charge >= 0.3 is 0 Å². The largest absolute Gasteiger partial charge is 0.382 e. The molecular weight excluding hydrogens is 218 g/mol. The van der Waals surface area contributed by atoms with Gasteiger partial charge in [0.05, 0.1) is 0 Å². The summed E-state index contributed by atoms with van der Waals surface area (Å²) in [5.41, 5.74) is 5.50. The van der Waals surface area contributed by atoms with Gasteiger partial charge in [0.1, 0.15) is 0 Å². The second kappa shape index (κ2) is 5.34. The van der Waals surface area contributed by atoms with Crippen LogP contribution < -0.4 is 5.32 Å². The van der Waals surface area contributed by atoms with E-state index in [1.165, 1.54) is 41.6 Å². The SMILES string of the molecule is Cc1cc(C)c(NC2CC(C)CC(C)C2)c(C)c1. The van der Waals surface area contributed by atoms with Crippen molar-refractivity contribution >= 4 is 5.69 Å². The van der Waals surface area contributed by atoms with Crippen LogP contribution in [-0.4, -0.2) is 6.04 Å². The molecule has 0 amide bonds. The smallest absolute Gasteiger partial charge is 0.0401 e. The highest BCUT2D eigenvalue weighted by Crippen LogP contribution is 2.32. The molecule has 0 aromatic heterocycles. The molecule has 0 radical (unpaired) electrons. The van der Waals surface area contributed by atoms with Crippen LogP contribution in [0.2, 0.25) is 0 Å². The monoisotopic (exact) mass is 245 g/mol. The van der Waals surface area contributed by atoms with Crippen molar-refractivity contribution in [2.45, 2.75) is 59.9 Å². The molecule has 1 saturated carbocycles. The maximum atomic E-state index is 3.81. The van der Waals surface area contributed by atoms with Gasteiger partial charge in [-0.15, -0.1) is 0 Å². The van der Waals surface area contributed by atoms with E-state index in [1.807, 2.05) is 0 Å². The summed E-state index contributed by atoms with van der Waals surface area (Å²) in [5.74, 6) is 1.72. The predicted octanol–water partition coefficient (Wildman–Crippen LogP) is 4.85. The third-order valence-corrected chi connectivity index (χ3v) is 4.20. The van der Waals surface area contributed by atoms with E-state index < -0.39 is 0 Å². The van der Waals surface area contributed by atoms with Gasteiger partial charge in [0.15, 0.2) is 0 Å². The third kappa shape index (κ3) is 3.07. The van der Waals surface area contributed by atoms with E-state index in [0.717, 1.165) is 11.8 Å². The number of anilines is 1. The standard InChI is InChI=1S/C17H27N/c1-11-6-12(2)10-16(9-11)18-17-14(4)7-13(3)8-15(17)5/h7-8,11-12,16,18H,6,9-10H2,1-5H3. The molecule has 100 valence electrons. The zero-order valence-corrected chi connectivity index (χ0v) is 12.5. The minimum Gasteiger partial charge on any atom is -0.382 e. The molecule has 1 N–H and O–H groups in total. The highest BCUT2D eigenvalue weighted by molar-refractivity contribution is 5.58. The molecule has 0 aliphatic heterocycles. The molecule has 1 nitrogen and oxygen atoms in total. The first-order valence-electron chi connectivity index (χ1n) is 7.30. The van der Waals surface area contributed by atoms with E-state index in [2.05, 4.69) is 52.1 Å². The van der Waals surface area contributed by atoms with Gasteiger partial charge in [0, 0.05) is 11.7 Å². The summed E-state index contributed by atoms with van der Waals surface area (Å²) in [4.78, 5) is 0. The Bertz CT molecular complexity index is 389. The van der Waals surface area contributed by atoms with Gasteiger partial charge < -0.3 is 5.32 Å². The topological polar surface area (TPSA) is 12.0 Å². The molecule has 2 unspecified atom stereocenters. The Morgan fingerprint density at radius 3 is 1.89 bits per heavy atom. The van der Waals surface area contributed by atoms with Gasteiger partial charge in [-0.2, -0.15) is 0 Å². The van der Waals surface area contributed by atoms with Crippen molar-refractivity contribution in [3.8, 4) is 0 Å². The van der Waals surface area contributed by atoms with Crippen molar-refractivity contribution in [1.82, 2.24) is 0 Å². The molecule has 1 heteroatoms. The van der Waals surface area contributed by atoms with Crippen LogP contribution in [-0.2, 0) is 0 Å². The van der Waals surface area contributed by atoms with Crippen molar-refractivity contribution in [2.75, 3.05) is 5.32 Å². The van der Waals surface area contributed by atoms with E-state index in [0.29, 0.717) is 6.04 Å². The average molecular weight is 245 g/mol. The number of nitrogens with one attached hydrogen (secondary N) is 1. The van der Waals surface area contributed by atoms with Crippen LogP contribution in [0, 0.1) is 32.6 Å². The second-order valence-corrected chi connectivity index (χ2v) is 6.53. The number of hydrogen-bond donors (Lipinski definition) is 1. The lowest BCUT2D eigenvalue weighted by atomic mass is 9.80. The minimum atomic E-state index is 0.656. The zero-order chi connectivity index (χ0) is 13.3. The third-order valence-electron chi connectivity index (χ3n) is 4.20. The lowest BCUT2D eigenvalue weighted by molar-refractivity contribution is 0.280. The van der Waals surface area contributed by atoms with Crippen LogP contribution in [0.25, 0.3) is 0 Å². The molecule has 2 rings (SSSR count). The molecule has 1 aromatic rings. The summed E-state index contributed by atoms with van der Waals surface area (Å²) in [6.45, 7) is 11.4. The van der Waals surface area contributed by atoms with Crippen LogP contribution in [0.5, 0.6) is 0 Å². The van der Waals surface area contributed by atoms with Crippen molar-refractivity contribution in [1.29, 1.82) is 0 Å². The van der Waals surface area contributed by atoms with Gasteiger partial charge in [0.25, 0.3) is 0 Å². The molecule has 0 saturated heterocycles. The molecule has 0 spiro atoms.